The molecule has 1 aromatic rings. The third kappa shape index (κ3) is 4.11. The van der Waals surface area contributed by atoms with Gasteiger partial charge in [-0.2, -0.15) is 13.2 Å². The molecule has 160 valence electrons. The minimum Gasteiger partial charge on any atom is -0.206 e. The molecule has 0 amide bonds. The Bertz CT molecular complexity index is 742. The molecule has 0 heterocycles. The molecule has 0 nitrogen and oxygen atoms in total. The van der Waals surface area contributed by atoms with Crippen LogP contribution in [0, 0.1) is 41.2 Å². The van der Waals surface area contributed by atoms with Crippen LogP contribution in [-0.4, -0.2) is 0 Å². The Morgan fingerprint density at radius 1 is 0.828 bits per heavy atom. The lowest BCUT2D eigenvalue weighted by Crippen LogP contribution is -2.41. The van der Waals surface area contributed by atoms with Crippen molar-refractivity contribution in [2.75, 3.05) is 0 Å². The molecule has 3 aliphatic rings. The Kier molecular flexibility index (Phi) is 5.78. The van der Waals surface area contributed by atoms with Gasteiger partial charge in [0.2, 0.25) is 0 Å². The van der Waals surface area contributed by atoms with Gasteiger partial charge in [0.25, 0.3) is 0 Å². The van der Waals surface area contributed by atoms with Gasteiger partial charge in [-0.05, 0) is 111 Å². The lowest BCUT2D eigenvalue weighted by atomic mass is 9.55. The van der Waals surface area contributed by atoms with Crippen LogP contribution >= 0.6 is 0 Å². The van der Waals surface area contributed by atoms with E-state index in [1.165, 1.54) is 25.7 Å². The number of fused-ring (bicyclic) bond motifs is 3. The molecule has 6 atom stereocenters. The monoisotopic (exact) mass is 412 g/mol. The zero-order valence-electron chi connectivity index (χ0n) is 16.8. The fourth-order valence-electron chi connectivity index (χ4n) is 6.68. The molecular formula is C24H29F5. The summed E-state index contributed by atoms with van der Waals surface area (Å²) in [5.74, 6) is 0.412. The smallest absolute Gasteiger partial charge is 0.206 e. The van der Waals surface area contributed by atoms with Gasteiger partial charge in [-0.25, -0.2) is 8.78 Å². The summed E-state index contributed by atoms with van der Waals surface area (Å²) in [6.45, 7) is 2.08. The highest BCUT2D eigenvalue weighted by Crippen LogP contribution is 2.55. The van der Waals surface area contributed by atoms with E-state index >= 15 is 0 Å². The molecule has 0 aliphatic heterocycles. The maximum Gasteiger partial charge on any atom is 0.422 e. The molecule has 0 spiro atoms. The van der Waals surface area contributed by atoms with Crippen LogP contribution in [0.2, 0.25) is 0 Å². The SMILES string of the molecule is CC=C[C@@H]1CC[C@H]2[C@H](CC[C@H]3C[C@H](c4cc(F)c(C(F)(F)F)c(F)c4)CC[C@@H]32)C1. The Morgan fingerprint density at radius 3 is 2.00 bits per heavy atom. The second-order valence-corrected chi connectivity index (χ2v) is 9.39. The van der Waals surface area contributed by atoms with Gasteiger partial charge in [-0.15, -0.1) is 0 Å². The normalized spacial score (nSPS) is 35.4. The minimum absolute atomic E-state index is 0.0431. The average Bonchev–Trinajstić information content (AvgIpc) is 2.65. The highest BCUT2D eigenvalue weighted by Gasteiger charge is 2.45. The maximum atomic E-state index is 14.1. The molecule has 0 unspecified atom stereocenters. The Balaban J connectivity index is 1.47. The lowest BCUT2D eigenvalue weighted by Gasteiger charge is -2.50. The standard InChI is InChI=1S/C24H29F5/c1-2-3-14-4-8-19-16(10-14)5-6-17-11-15(7-9-20(17)19)18-12-21(25)23(22(26)13-18)24(27,28)29/h2-3,12-17,19-20H,4-11H2,1H3/t14-,15-,16-,17+,19+,20+/m1/s1. The minimum atomic E-state index is -5.01. The molecule has 1 aromatic carbocycles. The zero-order chi connectivity index (χ0) is 20.8. The molecule has 5 heteroatoms. The first kappa shape index (κ1) is 20.9. The first-order valence-corrected chi connectivity index (χ1v) is 11.0. The van der Waals surface area contributed by atoms with Crippen LogP contribution in [0.5, 0.6) is 0 Å². The fraction of sp³-hybridized carbons (Fsp3) is 0.667. The largest absolute Gasteiger partial charge is 0.422 e. The second-order valence-electron chi connectivity index (χ2n) is 9.39. The van der Waals surface area contributed by atoms with Crippen molar-refractivity contribution in [1.82, 2.24) is 0 Å². The third-order valence-electron chi connectivity index (χ3n) is 7.87. The molecule has 29 heavy (non-hydrogen) atoms. The number of alkyl halides is 3. The van der Waals surface area contributed by atoms with Crippen molar-refractivity contribution in [1.29, 1.82) is 0 Å². The summed E-state index contributed by atoms with van der Waals surface area (Å²) in [7, 11) is 0. The predicted octanol–water partition coefficient (Wildman–Crippen LogP) is 7.89. The van der Waals surface area contributed by atoms with Crippen molar-refractivity contribution in [2.45, 2.75) is 70.4 Å². The predicted molar refractivity (Wildman–Crippen MR) is 103 cm³/mol. The quantitative estimate of drug-likeness (QED) is 0.342. The Labute approximate surface area is 169 Å². The van der Waals surface area contributed by atoms with Gasteiger partial charge in [0, 0.05) is 0 Å². The first-order valence-electron chi connectivity index (χ1n) is 11.0. The topological polar surface area (TPSA) is 0 Å². The Morgan fingerprint density at radius 2 is 1.41 bits per heavy atom. The summed E-state index contributed by atoms with van der Waals surface area (Å²) < 4.78 is 66.7. The van der Waals surface area contributed by atoms with Crippen molar-refractivity contribution in [2.24, 2.45) is 29.6 Å². The van der Waals surface area contributed by atoms with Crippen LogP contribution in [0.4, 0.5) is 22.0 Å². The number of halogens is 5. The number of benzene rings is 1. The Hall–Kier alpha value is -1.39. The van der Waals surface area contributed by atoms with E-state index in [0.717, 1.165) is 49.7 Å². The van der Waals surface area contributed by atoms with Crippen LogP contribution in [0.25, 0.3) is 0 Å². The molecule has 3 aliphatic carbocycles. The molecule has 0 radical (unpaired) electrons. The van der Waals surface area contributed by atoms with E-state index in [4.69, 9.17) is 0 Å². The van der Waals surface area contributed by atoms with Gasteiger partial charge in [-0.1, -0.05) is 12.2 Å². The van der Waals surface area contributed by atoms with Crippen LogP contribution in [0.1, 0.15) is 75.3 Å². The van der Waals surface area contributed by atoms with Crippen molar-refractivity contribution >= 4 is 0 Å². The van der Waals surface area contributed by atoms with Crippen LogP contribution in [-0.2, 0) is 6.18 Å². The summed E-state index contributed by atoms with van der Waals surface area (Å²) in [4.78, 5) is 0. The number of allylic oxidation sites excluding steroid dienone is 2. The van der Waals surface area contributed by atoms with Gasteiger partial charge in [0.05, 0.1) is 0 Å². The number of rotatable bonds is 2. The molecule has 3 fully saturated rings. The number of hydrogen-bond donors (Lipinski definition) is 0. The highest BCUT2D eigenvalue weighted by atomic mass is 19.4. The summed E-state index contributed by atoms with van der Waals surface area (Å²) in [6, 6.07) is 1.84. The zero-order valence-corrected chi connectivity index (χ0v) is 16.8. The molecule has 3 saturated carbocycles. The fourth-order valence-corrected chi connectivity index (χ4v) is 6.68. The van der Waals surface area contributed by atoms with E-state index in [1.807, 2.05) is 0 Å². The van der Waals surface area contributed by atoms with E-state index in [9.17, 15) is 22.0 Å². The molecule has 0 aromatic heterocycles. The molecule has 0 bridgehead atoms. The van der Waals surface area contributed by atoms with E-state index in [-0.39, 0.29) is 5.92 Å². The van der Waals surface area contributed by atoms with Gasteiger partial charge in [0.1, 0.15) is 17.2 Å². The molecule has 4 rings (SSSR count). The van der Waals surface area contributed by atoms with Gasteiger partial charge >= 0.3 is 6.18 Å². The van der Waals surface area contributed by atoms with E-state index in [1.54, 1.807) is 0 Å². The van der Waals surface area contributed by atoms with Gasteiger partial charge in [0.15, 0.2) is 0 Å². The average molecular weight is 412 g/mol. The van der Waals surface area contributed by atoms with Crippen molar-refractivity contribution in [3.05, 3.63) is 47.0 Å². The molecule has 0 N–H and O–H groups in total. The van der Waals surface area contributed by atoms with Crippen molar-refractivity contribution in [3.63, 3.8) is 0 Å². The second kappa shape index (κ2) is 8.03. The van der Waals surface area contributed by atoms with Crippen molar-refractivity contribution in [3.8, 4) is 0 Å². The summed E-state index contributed by atoms with van der Waals surface area (Å²) in [5.41, 5.74) is -1.38. The number of hydrogen-bond acceptors (Lipinski definition) is 0. The summed E-state index contributed by atoms with van der Waals surface area (Å²) >= 11 is 0. The van der Waals surface area contributed by atoms with Crippen LogP contribution in [0.15, 0.2) is 24.3 Å². The molecular weight excluding hydrogens is 383 g/mol. The molecule has 0 saturated heterocycles. The van der Waals surface area contributed by atoms with Crippen molar-refractivity contribution < 1.29 is 22.0 Å². The maximum absolute atomic E-state index is 14.1. The first-order chi connectivity index (χ1) is 13.8. The third-order valence-corrected chi connectivity index (χ3v) is 7.87. The van der Waals surface area contributed by atoms with Gasteiger partial charge in [-0.3, -0.25) is 0 Å². The lowest BCUT2D eigenvalue weighted by molar-refractivity contribution is -0.142. The highest BCUT2D eigenvalue weighted by molar-refractivity contribution is 5.31. The summed E-state index contributed by atoms with van der Waals surface area (Å²) in [6.07, 6.45) is 8.29. The van der Waals surface area contributed by atoms with E-state index in [0.29, 0.717) is 23.3 Å². The van der Waals surface area contributed by atoms with E-state index in [2.05, 4.69) is 19.1 Å². The van der Waals surface area contributed by atoms with E-state index < -0.39 is 23.4 Å². The van der Waals surface area contributed by atoms with Crippen LogP contribution in [0.3, 0.4) is 0 Å². The summed E-state index contributed by atoms with van der Waals surface area (Å²) in [5, 5.41) is 0. The van der Waals surface area contributed by atoms with Gasteiger partial charge < -0.3 is 0 Å². The van der Waals surface area contributed by atoms with Crippen LogP contribution < -0.4 is 0 Å².